The van der Waals surface area contributed by atoms with Gasteiger partial charge in [0.05, 0.1) is 11.4 Å². The third kappa shape index (κ3) is 4.11. The molecule has 3 rings (SSSR count). The third-order valence-corrected chi connectivity index (χ3v) is 4.42. The molecule has 8 heteroatoms. The average Bonchev–Trinajstić information content (AvgIpc) is 3.05. The first-order chi connectivity index (χ1) is 13.4. The summed E-state index contributed by atoms with van der Waals surface area (Å²) in [4.78, 5) is 49.4. The van der Waals surface area contributed by atoms with Crippen LogP contribution in [0.25, 0.3) is 0 Å². The van der Waals surface area contributed by atoms with Gasteiger partial charge in [0.15, 0.2) is 6.61 Å². The summed E-state index contributed by atoms with van der Waals surface area (Å²) in [5.74, 6) is -1.16. The number of para-hydroxylation sites is 2. The van der Waals surface area contributed by atoms with Crippen molar-refractivity contribution in [2.75, 3.05) is 23.4 Å². The minimum atomic E-state index is -0.753. The lowest BCUT2D eigenvalue weighted by molar-refractivity contribution is -0.119. The van der Waals surface area contributed by atoms with Crippen molar-refractivity contribution in [3.05, 3.63) is 57.6 Å². The summed E-state index contributed by atoms with van der Waals surface area (Å²) in [6.45, 7) is 3.15. The Morgan fingerprint density at radius 2 is 1.96 bits per heavy atom. The molecule has 1 saturated heterocycles. The summed E-state index contributed by atoms with van der Waals surface area (Å²) in [5.41, 5.74) is 1.06. The van der Waals surface area contributed by atoms with Crippen molar-refractivity contribution in [1.29, 1.82) is 0 Å². The molecule has 1 N–H and O–H groups in total. The van der Waals surface area contributed by atoms with Crippen LogP contribution in [0.4, 0.5) is 11.4 Å². The highest BCUT2D eigenvalue weighted by molar-refractivity contribution is 6.03. The van der Waals surface area contributed by atoms with Crippen LogP contribution >= 0.6 is 0 Å². The van der Waals surface area contributed by atoms with E-state index < -0.39 is 24.1 Å². The van der Waals surface area contributed by atoms with Gasteiger partial charge >= 0.3 is 11.6 Å². The zero-order chi connectivity index (χ0) is 20.3. The molecule has 0 unspecified atom stereocenters. The monoisotopic (exact) mass is 384 g/mol. The molecule has 0 saturated carbocycles. The first-order valence-electron chi connectivity index (χ1n) is 8.84. The molecule has 1 aromatic carbocycles. The van der Waals surface area contributed by atoms with Crippen LogP contribution in [-0.4, -0.2) is 30.9 Å². The molecule has 0 aliphatic carbocycles. The number of esters is 1. The first kappa shape index (κ1) is 19.3. The summed E-state index contributed by atoms with van der Waals surface area (Å²) < 4.78 is 9.96. The molecule has 0 bridgehead atoms. The molecule has 1 aliphatic rings. The Labute approximate surface area is 161 Å². The number of rotatable bonds is 5. The number of hydrogen-bond acceptors (Lipinski definition) is 6. The highest BCUT2D eigenvalue weighted by Gasteiger charge is 2.24. The fourth-order valence-corrected chi connectivity index (χ4v) is 3.17. The molecule has 1 fully saturated rings. The Hall–Kier alpha value is -3.42. The van der Waals surface area contributed by atoms with Crippen molar-refractivity contribution in [3.8, 4) is 0 Å². The summed E-state index contributed by atoms with van der Waals surface area (Å²) >= 11 is 0. The lowest BCUT2D eigenvalue weighted by atomic mass is 10.1. The summed E-state index contributed by atoms with van der Waals surface area (Å²) in [6.07, 6.45) is 1.25. The molecule has 1 aromatic heterocycles. The lowest BCUT2D eigenvalue weighted by Crippen LogP contribution is -2.27. The number of amides is 2. The molecular formula is C20H20N2O6. The quantitative estimate of drug-likeness (QED) is 0.792. The maximum absolute atomic E-state index is 12.3. The van der Waals surface area contributed by atoms with E-state index in [2.05, 4.69) is 5.32 Å². The van der Waals surface area contributed by atoms with Crippen molar-refractivity contribution in [1.82, 2.24) is 0 Å². The van der Waals surface area contributed by atoms with Gasteiger partial charge in [-0.3, -0.25) is 9.59 Å². The van der Waals surface area contributed by atoms with Crippen molar-refractivity contribution >= 4 is 29.2 Å². The van der Waals surface area contributed by atoms with E-state index in [0.717, 1.165) is 6.42 Å². The molecule has 0 spiro atoms. The van der Waals surface area contributed by atoms with E-state index in [0.29, 0.717) is 29.9 Å². The number of aryl methyl sites for hydroxylation is 2. The van der Waals surface area contributed by atoms with Crippen LogP contribution < -0.4 is 15.8 Å². The lowest BCUT2D eigenvalue weighted by Gasteiger charge is -2.20. The predicted octanol–water partition coefficient (Wildman–Crippen LogP) is 2.18. The smallest absolute Gasteiger partial charge is 0.342 e. The van der Waals surface area contributed by atoms with Gasteiger partial charge in [-0.25, -0.2) is 9.59 Å². The van der Waals surface area contributed by atoms with E-state index in [1.165, 1.54) is 13.0 Å². The highest BCUT2D eigenvalue weighted by Crippen LogP contribution is 2.29. The molecule has 146 valence electrons. The Morgan fingerprint density at radius 1 is 1.21 bits per heavy atom. The number of carbonyl (C=O) groups excluding carboxylic acids is 3. The summed E-state index contributed by atoms with van der Waals surface area (Å²) in [5, 5.41) is 2.67. The van der Waals surface area contributed by atoms with E-state index in [-0.39, 0.29) is 17.2 Å². The Kier molecular flexibility index (Phi) is 5.58. The van der Waals surface area contributed by atoms with Gasteiger partial charge in [0.25, 0.3) is 5.91 Å². The second-order valence-corrected chi connectivity index (χ2v) is 6.47. The molecule has 8 nitrogen and oxygen atoms in total. The maximum Gasteiger partial charge on any atom is 0.342 e. The molecule has 1 aliphatic heterocycles. The zero-order valence-corrected chi connectivity index (χ0v) is 15.6. The van der Waals surface area contributed by atoms with Gasteiger partial charge in [0.1, 0.15) is 11.3 Å². The number of nitrogens with one attached hydrogen (secondary N) is 1. The first-order valence-corrected chi connectivity index (χ1v) is 8.84. The van der Waals surface area contributed by atoms with Crippen LogP contribution in [0, 0.1) is 13.8 Å². The SMILES string of the molecule is Cc1cc(=O)oc(C)c1C(=O)OCC(=O)Nc1ccccc1N1CCCC1=O. The van der Waals surface area contributed by atoms with Crippen molar-refractivity contribution < 1.29 is 23.5 Å². The Bertz CT molecular complexity index is 968. The van der Waals surface area contributed by atoms with Gasteiger partial charge in [-0.2, -0.15) is 0 Å². The normalized spacial score (nSPS) is 13.5. The second kappa shape index (κ2) is 8.08. The second-order valence-electron chi connectivity index (χ2n) is 6.47. The van der Waals surface area contributed by atoms with Crippen molar-refractivity contribution in [2.24, 2.45) is 0 Å². The highest BCUT2D eigenvalue weighted by atomic mass is 16.5. The summed E-state index contributed by atoms with van der Waals surface area (Å²) in [6, 6.07) is 8.15. The van der Waals surface area contributed by atoms with E-state index in [1.807, 2.05) is 0 Å². The van der Waals surface area contributed by atoms with Gasteiger partial charge in [-0.1, -0.05) is 12.1 Å². The predicted molar refractivity (Wildman–Crippen MR) is 101 cm³/mol. The fraction of sp³-hybridized carbons (Fsp3) is 0.300. The molecule has 2 heterocycles. The number of nitrogens with zero attached hydrogens (tertiary/aromatic N) is 1. The molecule has 0 radical (unpaired) electrons. The fourth-order valence-electron chi connectivity index (χ4n) is 3.17. The summed E-state index contributed by atoms with van der Waals surface area (Å²) in [7, 11) is 0. The topological polar surface area (TPSA) is 106 Å². The van der Waals surface area contributed by atoms with E-state index >= 15 is 0 Å². The minimum Gasteiger partial charge on any atom is -0.452 e. The minimum absolute atomic E-state index is 0.00430. The molecular weight excluding hydrogens is 364 g/mol. The van der Waals surface area contributed by atoms with Gasteiger partial charge in [-0.05, 0) is 38.0 Å². The molecule has 0 atom stereocenters. The molecule has 2 amide bonds. The standard InChI is InChI=1S/C20H20N2O6/c1-12-10-18(25)28-13(2)19(12)20(26)27-11-16(23)21-14-6-3-4-7-15(14)22-9-5-8-17(22)24/h3-4,6-7,10H,5,8-9,11H2,1-2H3,(H,21,23). The number of anilines is 2. The van der Waals surface area contributed by atoms with E-state index in [9.17, 15) is 19.2 Å². The number of ether oxygens (including phenoxy) is 1. The van der Waals surface area contributed by atoms with Crippen LogP contribution in [0.1, 0.15) is 34.5 Å². The maximum atomic E-state index is 12.3. The van der Waals surface area contributed by atoms with Crippen molar-refractivity contribution in [3.63, 3.8) is 0 Å². The Morgan fingerprint density at radius 3 is 2.64 bits per heavy atom. The Balaban J connectivity index is 1.67. The van der Waals surface area contributed by atoms with E-state index in [1.54, 1.807) is 36.1 Å². The number of benzene rings is 1. The van der Waals surface area contributed by atoms with Crippen LogP contribution in [0.3, 0.4) is 0 Å². The van der Waals surface area contributed by atoms with Gasteiger partial charge in [0, 0.05) is 19.0 Å². The van der Waals surface area contributed by atoms with Gasteiger partial charge in [0.2, 0.25) is 5.91 Å². The molecule has 2 aromatic rings. The van der Waals surface area contributed by atoms with Crippen LogP contribution in [0.15, 0.2) is 39.5 Å². The van der Waals surface area contributed by atoms with Crippen molar-refractivity contribution in [2.45, 2.75) is 26.7 Å². The van der Waals surface area contributed by atoms with Crippen LogP contribution in [0.2, 0.25) is 0 Å². The largest absolute Gasteiger partial charge is 0.452 e. The molecule has 28 heavy (non-hydrogen) atoms. The van der Waals surface area contributed by atoms with Gasteiger partial charge < -0.3 is 19.4 Å². The zero-order valence-electron chi connectivity index (χ0n) is 15.6. The number of carbonyl (C=O) groups is 3. The van der Waals surface area contributed by atoms with E-state index in [4.69, 9.17) is 9.15 Å². The van der Waals surface area contributed by atoms with Crippen LogP contribution in [-0.2, 0) is 14.3 Å². The van der Waals surface area contributed by atoms with Gasteiger partial charge in [-0.15, -0.1) is 0 Å². The number of hydrogen-bond donors (Lipinski definition) is 1. The third-order valence-electron chi connectivity index (χ3n) is 4.42. The average molecular weight is 384 g/mol. The van der Waals surface area contributed by atoms with Crippen LogP contribution in [0.5, 0.6) is 0 Å².